The molecule has 0 fully saturated rings. The number of hydrogen-bond acceptors (Lipinski definition) is 4. The van der Waals surface area contributed by atoms with E-state index in [9.17, 15) is 10.5 Å². The van der Waals surface area contributed by atoms with Gasteiger partial charge in [-0.05, 0) is 41.5 Å². The third-order valence-electron chi connectivity index (χ3n) is 0.500. The fraction of sp³-hybridized carbons (Fsp3) is 1.00. The maximum absolute atomic E-state index is 9.45. The molecule has 0 aromatic carbocycles. The van der Waals surface area contributed by atoms with Crippen molar-refractivity contribution in [1.29, 1.82) is 0 Å². The molecule has 0 atom stereocenters. The largest absolute Gasteiger partial charge is 2.00 e. The summed E-state index contributed by atoms with van der Waals surface area (Å²) in [6.07, 6.45) is 0. The molecule has 76 valence electrons. The van der Waals surface area contributed by atoms with Crippen molar-refractivity contribution in [3.05, 3.63) is 0 Å². The van der Waals surface area contributed by atoms with Gasteiger partial charge >= 0.3 is 48.9 Å². The molecule has 0 aliphatic heterocycles. The van der Waals surface area contributed by atoms with Crippen LogP contribution < -0.4 is 10.5 Å². The van der Waals surface area contributed by atoms with E-state index in [1.807, 2.05) is 0 Å². The summed E-state index contributed by atoms with van der Waals surface area (Å²) < 4.78 is 0. The smallest absolute Gasteiger partial charge is 0.723 e. The summed E-state index contributed by atoms with van der Waals surface area (Å²) in [5.41, 5.74) is -1.03. The molecule has 0 aromatic heterocycles. The fourth-order valence-electron chi connectivity index (χ4n) is 0. The van der Waals surface area contributed by atoms with Gasteiger partial charge in [0.25, 0.3) is 0 Å². The minimum absolute atomic E-state index is 0. The fourth-order valence-corrected chi connectivity index (χ4v) is 0. The van der Waals surface area contributed by atoms with Gasteiger partial charge in [0.1, 0.15) is 0 Å². The standard InChI is InChI=1S/2C4H10O2.Ba/c2*1-4(2,3)6-5;/h2*5H,1-3H3;/q;;+2/p-2. The Kier molecular flexibility index (Phi) is 13.3. The maximum atomic E-state index is 9.45. The van der Waals surface area contributed by atoms with E-state index in [0.29, 0.717) is 0 Å². The third kappa shape index (κ3) is 31.8. The average molecular weight is 316 g/mol. The van der Waals surface area contributed by atoms with Gasteiger partial charge in [-0.3, -0.25) is 0 Å². The molecule has 0 spiro atoms. The zero-order chi connectivity index (χ0) is 10.4. The van der Waals surface area contributed by atoms with Crippen LogP contribution in [-0.4, -0.2) is 60.1 Å². The van der Waals surface area contributed by atoms with E-state index in [1.54, 1.807) is 41.5 Å². The van der Waals surface area contributed by atoms with Crippen LogP contribution in [0.15, 0.2) is 0 Å². The van der Waals surface area contributed by atoms with Gasteiger partial charge in [-0.25, -0.2) is 0 Å². The Balaban J connectivity index is -0.000000143. The number of hydrogen-bond donors (Lipinski definition) is 0. The first-order valence-corrected chi connectivity index (χ1v) is 3.74. The molecular formula is C8H18BaO4. The van der Waals surface area contributed by atoms with Crippen LogP contribution in [0.2, 0.25) is 0 Å². The van der Waals surface area contributed by atoms with Crippen LogP contribution >= 0.6 is 0 Å². The minimum atomic E-state index is -0.514. The SMILES string of the molecule is CC(C)(C)O[O-].CC(C)(C)O[O-].[Ba+2]. The zero-order valence-electron chi connectivity index (χ0n) is 9.34. The van der Waals surface area contributed by atoms with Crippen molar-refractivity contribution in [3.63, 3.8) is 0 Å². The molecule has 0 rings (SSSR count). The maximum Gasteiger partial charge on any atom is 2.00 e. The van der Waals surface area contributed by atoms with Crippen LogP contribution in [0.25, 0.3) is 0 Å². The van der Waals surface area contributed by atoms with Gasteiger partial charge in [-0.1, -0.05) is 0 Å². The Bertz CT molecular complexity index is 89.7. The van der Waals surface area contributed by atoms with Gasteiger partial charge < -0.3 is 20.3 Å². The molecule has 13 heavy (non-hydrogen) atoms. The van der Waals surface area contributed by atoms with Crippen LogP contribution in [0.4, 0.5) is 0 Å². The second-order valence-electron chi connectivity index (χ2n) is 4.39. The van der Waals surface area contributed by atoms with Gasteiger partial charge in [-0.15, -0.1) is 0 Å². The molecule has 0 heterocycles. The predicted molar refractivity (Wildman–Crippen MR) is 47.4 cm³/mol. The van der Waals surface area contributed by atoms with Gasteiger partial charge in [0.05, 0.1) is 0 Å². The molecular weight excluding hydrogens is 297 g/mol. The van der Waals surface area contributed by atoms with Crippen LogP contribution in [0.1, 0.15) is 41.5 Å². The monoisotopic (exact) mass is 316 g/mol. The Morgan fingerprint density at radius 1 is 0.692 bits per heavy atom. The third-order valence-corrected chi connectivity index (χ3v) is 0.500. The first-order valence-electron chi connectivity index (χ1n) is 3.74. The number of rotatable bonds is 0. The van der Waals surface area contributed by atoms with Crippen LogP contribution in [-0.2, 0) is 9.78 Å². The average Bonchev–Trinajstić information content (AvgIpc) is 1.86. The molecule has 0 aliphatic rings. The molecule has 0 saturated heterocycles. The summed E-state index contributed by atoms with van der Waals surface area (Å²) in [6, 6.07) is 0. The summed E-state index contributed by atoms with van der Waals surface area (Å²) in [5, 5.41) is 18.9. The van der Waals surface area contributed by atoms with Crippen molar-refractivity contribution < 1.29 is 20.3 Å². The summed E-state index contributed by atoms with van der Waals surface area (Å²) in [4.78, 5) is 7.38. The van der Waals surface area contributed by atoms with E-state index in [1.165, 1.54) is 0 Å². The van der Waals surface area contributed by atoms with Gasteiger partial charge in [0.2, 0.25) is 0 Å². The van der Waals surface area contributed by atoms with Crippen molar-refractivity contribution in [3.8, 4) is 0 Å². The van der Waals surface area contributed by atoms with Crippen LogP contribution in [0.5, 0.6) is 0 Å². The molecule has 0 saturated carbocycles. The molecule has 0 unspecified atom stereocenters. The quantitative estimate of drug-likeness (QED) is 0.352. The summed E-state index contributed by atoms with van der Waals surface area (Å²) in [7, 11) is 0. The van der Waals surface area contributed by atoms with Crippen molar-refractivity contribution in [1.82, 2.24) is 0 Å². The first kappa shape index (κ1) is 19.9. The second kappa shape index (κ2) is 8.70. The summed E-state index contributed by atoms with van der Waals surface area (Å²) >= 11 is 0. The molecule has 0 N–H and O–H groups in total. The molecule has 5 heteroatoms. The Labute approximate surface area is 121 Å². The normalized spacial score (nSPS) is 11.1. The Morgan fingerprint density at radius 3 is 0.769 bits per heavy atom. The first-order chi connectivity index (χ1) is 5.12. The van der Waals surface area contributed by atoms with Gasteiger partial charge in [-0.2, -0.15) is 0 Å². The second-order valence-corrected chi connectivity index (χ2v) is 4.39. The Morgan fingerprint density at radius 2 is 0.769 bits per heavy atom. The van der Waals surface area contributed by atoms with Gasteiger partial charge in [0, 0.05) is 11.2 Å². The van der Waals surface area contributed by atoms with Crippen LogP contribution in [0.3, 0.4) is 0 Å². The molecule has 0 amide bonds. The topological polar surface area (TPSA) is 64.6 Å². The van der Waals surface area contributed by atoms with E-state index >= 15 is 0 Å². The molecule has 0 aliphatic carbocycles. The van der Waals surface area contributed by atoms with Crippen molar-refractivity contribution in [2.24, 2.45) is 0 Å². The Hall–Kier alpha value is 1.41. The molecule has 0 radical (unpaired) electrons. The van der Waals surface area contributed by atoms with E-state index in [0.717, 1.165) is 0 Å². The zero-order valence-corrected chi connectivity index (χ0v) is 13.8. The van der Waals surface area contributed by atoms with E-state index < -0.39 is 11.2 Å². The summed E-state index contributed by atoms with van der Waals surface area (Å²) in [6.45, 7) is 10.3. The molecule has 4 nitrogen and oxygen atoms in total. The molecule has 0 bridgehead atoms. The van der Waals surface area contributed by atoms with Crippen molar-refractivity contribution in [2.45, 2.75) is 52.7 Å². The summed E-state index contributed by atoms with van der Waals surface area (Å²) in [5.74, 6) is 0. The van der Waals surface area contributed by atoms with Crippen molar-refractivity contribution in [2.75, 3.05) is 0 Å². The van der Waals surface area contributed by atoms with Crippen molar-refractivity contribution >= 4 is 48.9 Å². The minimum Gasteiger partial charge on any atom is -0.723 e. The molecule has 0 aromatic rings. The van der Waals surface area contributed by atoms with E-state index in [-0.39, 0.29) is 48.9 Å². The van der Waals surface area contributed by atoms with E-state index in [4.69, 9.17) is 0 Å². The van der Waals surface area contributed by atoms with Crippen LogP contribution in [0, 0.1) is 0 Å². The van der Waals surface area contributed by atoms with Gasteiger partial charge in [0.15, 0.2) is 0 Å². The van der Waals surface area contributed by atoms with E-state index in [2.05, 4.69) is 9.78 Å². The predicted octanol–water partition coefficient (Wildman–Crippen LogP) is -0.227.